The molecule has 5 aromatic rings. The van der Waals surface area contributed by atoms with Crippen LogP contribution in [0.25, 0.3) is 0 Å². The molecule has 5 aromatic carbocycles. The lowest BCUT2D eigenvalue weighted by Gasteiger charge is -2.17. The topological polar surface area (TPSA) is 27.7 Å². The predicted molar refractivity (Wildman–Crippen MR) is 175 cm³/mol. The summed E-state index contributed by atoms with van der Waals surface area (Å²) >= 11 is 4.63. The van der Waals surface area contributed by atoms with Crippen LogP contribution in [-0.2, 0) is 24.1 Å². The molecule has 0 spiro atoms. The van der Waals surface area contributed by atoms with Crippen LogP contribution in [0.1, 0.15) is 11.1 Å². The summed E-state index contributed by atoms with van der Waals surface area (Å²) in [7, 11) is 1.30. The van der Waals surface area contributed by atoms with Crippen molar-refractivity contribution in [3.05, 3.63) is 140 Å². The zero-order valence-electron chi connectivity index (χ0n) is 21.4. The van der Waals surface area contributed by atoms with E-state index in [0.29, 0.717) is 30.5 Å². The van der Waals surface area contributed by atoms with Crippen LogP contribution in [0.2, 0.25) is 0 Å². The molecule has 0 fully saturated rings. The molecule has 0 aromatic heterocycles. The Balaban J connectivity index is 1.57. The summed E-state index contributed by atoms with van der Waals surface area (Å²) in [5, 5.41) is 0. The molecule has 3 nitrogen and oxygen atoms in total. The van der Waals surface area contributed by atoms with Gasteiger partial charge in [0.05, 0.1) is 18.0 Å². The van der Waals surface area contributed by atoms with Crippen molar-refractivity contribution in [1.29, 1.82) is 0 Å². The van der Waals surface area contributed by atoms with Gasteiger partial charge in [-0.2, -0.15) is 0 Å². The minimum absolute atomic E-state index is 0.365. The van der Waals surface area contributed by atoms with Crippen molar-refractivity contribution in [3.8, 4) is 17.2 Å². The molecule has 0 atom stereocenters. The van der Waals surface area contributed by atoms with Crippen molar-refractivity contribution in [2.75, 3.05) is 7.11 Å². The highest BCUT2D eigenvalue weighted by Crippen LogP contribution is 2.44. The van der Waals surface area contributed by atoms with Crippen molar-refractivity contribution in [2.45, 2.75) is 27.9 Å². The molecule has 6 heteroatoms. The third-order valence-electron chi connectivity index (χ3n) is 6.01. The number of benzene rings is 5. The van der Waals surface area contributed by atoms with Crippen LogP contribution in [0.3, 0.4) is 0 Å². The quantitative estimate of drug-likeness (QED) is 0.105. The molecule has 0 bridgehead atoms. The molecule has 5 rings (SSSR count). The molecule has 0 aliphatic heterocycles. The Bertz CT molecular complexity index is 1380. The van der Waals surface area contributed by atoms with E-state index in [9.17, 15) is 0 Å². The summed E-state index contributed by atoms with van der Waals surface area (Å²) in [6, 6.07) is 42.1. The molecular formula is C33H27I2O3S+. The average Bonchev–Trinajstić information content (AvgIpc) is 2.98. The van der Waals surface area contributed by atoms with Gasteiger partial charge in [0.1, 0.15) is 13.2 Å². The van der Waals surface area contributed by atoms with Gasteiger partial charge in [-0.25, -0.2) is 0 Å². The Morgan fingerprint density at radius 1 is 0.538 bits per heavy atom. The Morgan fingerprint density at radius 3 is 1.33 bits per heavy atom. The first-order chi connectivity index (χ1) is 19.1. The van der Waals surface area contributed by atoms with Gasteiger partial charge in [0.15, 0.2) is 26.2 Å². The van der Waals surface area contributed by atoms with Crippen molar-refractivity contribution in [2.24, 2.45) is 0 Å². The van der Waals surface area contributed by atoms with Gasteiger partial charge >= 0.3 is 0 Å². The number of methoxy groups -OCH3 is 1. The number of rotatable bonds is 10. The summed E-state index contributed by atoms with van der Waals surface area (Å²) < 4.78 is 21.1. The van der Waals surface area contributed by atoms with Gasteiger partial charge in [0.25, 0.3) is 0 Å². The van der Waals surface area contributed by atoms with Gasteiger partial charge in [-0.1, -0.05) is 60.7 Å². The summed E-state index contributed by atoms with van der Waals surface area (Å²) in [5.41, 5.74) is 2.18. The molecule has 39 heavy (non-hydrogen) atoms. The van der Waals surface area contributed by atoms with Gasteiger partial charge in [0.2, 0.25) is 5.75 Å². The van der Waals surface area contributed by atoms with Crippen molar-refractivity contribution in [1.82, 2.24) is 0 Å². The molecule has 0 aliphatic carbocycles. The number of ether oxygens (including phenoxy) is 3. The van der Waals surface area contributed by atoms with Crippen LogP contribution in [0.5, 0.6) is 17.2 Å². The molecule has 0 saturated carbocycles. The SMILES string of the molecule is COc1c(OCc2ccc(I)cc2)cc([S+](c2ccccc2)c2ccccc2)cc1OCc1ccc(I)cc1. The fraction of sp³-hybridized carbons (Fsp3) is 0.0909. The summed E-state index contributed by atoms with van der Waals surface area (Å²) in [6.45, 7) is 0.857. The fourth-order valence-corrected chi connectivity index (χ4v) is 6.93. The van der Waals surface area contributed by atoms with E-state index in [0.717, 1.165) is 16.0 Å². The first kappa shape index (κ1) is 27.9. The highest BCUT2D eigenvalue weighted by atomic mass is 127. The molecule has 0 radical (unpaired) electrons. The second-order valence-corrected chi connectivity index (χ2v) is 13.2. The first-order valence-corrected chi connectivity index (χ1v) is 15.8. The van der Waals surface area contributed by atoms with E-state index in [-0.39, 0.29) is 10.9 Å². The molecule has 0 unspecified atom stereocenters. The minimum atomic E-state index is -0.365. The van der Waals surface area contributed by atoms with E-state index in [1.165, 1.54) is 16.9 Å². The Labute approximate surface area is 260 Å². The average molecular weight is 757 g/mol. The smallest absolute Gasteiger partial charge is 0.203 e. The third kappa shape index (κ3) is 7.29. The molecule has 196 valence electrons. The molecule has 0 aliphatic rings. The molecule has 0 saturated heterocycles. The molecule has 0 amide bonds. The Hall–Kier alpha value is -2.69. The largest absolute Gasteiger partial charge is 0.490 e. The van der Waals surface area contributed by atoms with Crippen molar-refractivity contribution < 1.29 is 14.2 Å². The van der Waals surface area contributed by atoms with Gasteiger partial charge in [0, 0.05) is 19.3 Å². The maximum absolute atomic E-state index is 6.42. The number of halogens is 2. The van der Waals surface area contributed by atoms with Gasteiger partial charge < -0.3 is 14.2 Å². The van der Waals surface area contributed by atoms with Crippen molar-refractivity contribution in [3.63, 3.8) is 0 Å². The van der Waals surface area contributed by atoms with Gasteiger partial charge in [-0.3, -0.25) is 0 Å². The van der Waals surface area contributed by atoms with E-state index < -0.39 is 0 Å². The van der Waals surface area contributed by atoms with Crippen LogP contribution in [-0.4, -0.2) is 7.11 Å². The first-order valence-electron chi connectivity index (χ1n) is 12.4. The highest BCUT2D eigenvalue weighted by Gasteiger charge is 2.31. The maximum Gasteiger partial charge on any atom is 0.203 e. The van der Waals surface area contributed by atoms with E-state index in [1.54, 1.807) is 7.11 Å². The number of hydrogen-bond donors (Lipinski definition) is 0. The van der Waals surface area contributed by atoms with Gasteiger partial charge in [-0.15, -0.1) is 0 Å². The predicted octanol–water partition coefficient (Wildman–Crippen LogP) is 9.16. The molecule has 0 N–H and O–H groups in total. The second-order valence-electron chi connectivity index (χ2n) is 8.72. The van der Waals surface area contributed by atoms with E-state index >= 15 is 0 Å². The van der Waals surface area contributed by atoms with Crippen LogP contribution < -0.4 is 14.2 Å². The molecule has 0 heterocycles. The summed E-state index contributed by atoms with van der Waals surface area (Å²) in [6.07, 6.45) is 0. The summed E-state index contributed by atoms with van der Waals surface area (Å²) in [4.78, 5) is 3.55. The Kier molecular flexibility index (Phi) is 9.71. The highest BCUT2D eigenvalue weighted by molar-refractivity contribution is 14.1. The second kappa shape index (κ2) is 13.6. The zero-order chi connectivity index (χ0) is 27.0. The van der Waals surface area contributed by atoms with Crippen LogP contribution in [0.4, 0.5) is 0 Å². The zero-order valence-corrected chi connectivity index (χ0v) is 26.5. The lowest BCUT2D eigenvalue weighted by molar-refractivity contribution is 0.256. The van der Waals surface area contributed by atoms with Gasteiger partial charge in [-0.05, 0) is 105 Å². The number of hydrogen-bond acceptors (Lipinski definition) is 3. The van der Waals surface area contributed by atoms with Crippen molar-refractivity contribution >= 4 is 56.1 Å². The van der Waals surface area contributed by atoms with Crippen LogP contribution in [0.15, 0.2) is 136 Å². The standard InChI is InChI=1S/C33H27I2O3S/c1-36-33-31(37-22-24-12-16-26(34)17-13-24)20-30(21-32(33)38-23-25-14-18-27(35)19-15-25)39(28-8-4-2-5-9-28)29-10-6-3-7-11-29/h2-21H,22-23H2,1H3/q+1. The third-order valence-corrected chi connectivity index (χ3v) is 9.64. The lowest BCUT2D eigenvalue weighted by Crippen LogP contribution is -2.08. The maximum atomic E-state index is 6.42. The van der Waals surface area contributed by atoms with E-state index in [2.05, 4.69) is 167 Å². The van der Waals surface area contributed by atoms with E-state index in [1.807, 2.05) is 0 Å². The lowest BCUT2D eigenvalue weighted by atomic mass is 10.2. The van der Waals surface area contributed by atoms with E-state index in [4.69, 9.17) is 14.2 Å². The fourth-order valence-electron chi connectivity index (χ4n) is 4.09. The minimum Gasteiger partial charge on any atom is -0.490 e. The molecular weight excluding hydrogens is 730 g/mol. The normalized spacial score (nSPS) is 10.9. The Morgan fingerprint density at radius 2 is 0.949 bits per heavy atom. The summed E-state index contributed by atoms with van der Waals surface area (Å²) in [5.74, 6) is 1.92. The van der Waals surface area contributed by atoms with Crippen LogP contribution >= 0.6 is 45.2 Å². The monoisotopic (exact) mass is 757 g/mol. The van der Waals surface area contributed by atoms with Crippen LogP contribution in [0, 0.1) is 7.14 Å².